The molecule has 2 heteroatoms. The van der Waals surface area contributed by atoms with E-state index >= 15 is 0 Å². The lowest BCUT2D eigenvalue weighted by Crippen LogP contribution is -2.20. The van der Waals surface area contributed by atoms with Crippen LogP contribution < -0.4 is 4.74 Å². The van der Waals surface area contributed by atoms with Crippen molar-refractivity contribution in [3.63, 3.8) is 0 Å². The van der Waals surface area contributed by atoms with Crippen LogP contribution in [0.2, 0.25) is 0 Å². The van der Waals surface area contributed by atoms with Gasteiger partial charge in [0.25, 0.3) is 0 Å². The van der Waals surface area contributed by atoms with Crippen LogP contribution >= 0.6 is 0 Å². The average molecular weight is 274 g/mol. The molecule has 1 aliphatic rings. The third kappa shape index (κ3) is 2.09. The fourth-order valence-corrected chi connectivity index (χ4v) is 2.87. The van der Waals surface area contributed by atoms with Crippen LogP contribution in [0.5, 0.6) is 5.75 Å². The smallest absolute Gasteiger partial charge is 0.170 e. The maximum Gasteiger partial charge on any atom is 0.170 e. The van der Waals surface area contributed by atoms with Crippen molar-refractivity contribution >= 4 is 16.6 Å². The molecule has 0 saturated heterocycles. The molecule has 0 fully saturated rings. The molecule has 0 amide bonds. The van der Waals surface area contributed by atoms with E-state index in [2.05, 4.69) is 24.3 Å². The highest BCUT2D eigenvalue weighted by Crippen LogP contribution is 2.35. The molecule has 3 aromatic rings. The Hall–Kier alpha value is -2.61. The topological polar surface area (TPSA) is 26.3 Å². The molecule has 0 bridgehead atoms. The van der Waals surface area contributed by atoms with E-state index in [1.807, 2.05) is 42.5 Å². The lowest BCUT2D eigenvalue weighted by atomic mass is 9.95. The second-order valence-electron chi connectivity index (χ2n) is 5.34. The van der Waals surface area contributed by atoms with E-state index in [1.165, 1.54) is 10.8 Å². The van der Waals surface area contributed by atoms with Crippen LogP contribution in [0.3, 0.4) is 0 Å². The summed E-state index contributed by atoms with van der Waals surface area (Å²) in [6, 6.07) is 21.9. The van der Waals surface area contributed by atoms with Gasteiger partial charge in [0.05, 0.1) is 12.0 Å². The molecule has 2 nitrogen and oxygen atoms in total. The van der Waals surface area contributed by atoms with Gasteiger partial charge in [-0.15, -0.1) is 0 Å². The summed E-state index contributed by atoms with van der Waals surface area (Å²) in [5.41, 5.74) is 1.74. The summed E-state index contributed by atoms with van der Waals surface area (Å²) in [5, 5.41) is 2.37. The molecule has 4 rings (SSSR count). The van der Waals surface area contributed by atoms with Crippen LogP contribution in [0, 0.1) is 0 Å². The Morgan fingerprint density at radius 2 is 1.62 bits per heavy atom. The lowest BCUT2D eigenvalue weighted by Gasteiger charge is -2.25. The Balaban J connectivity index is 1.75. The van der Waals surface area contributed by atoms with Gasteiger partial charge in [0, 0.05) is 0 Å². The summed E-state index contributed by atoms with van der Waals surface area (Å²) in [6.07, 6.45) is 0.201. The van der Waals surface area contributed by atoms with Gasteiger partial charge in [-0.1, -0.05) is 48.5 Å². The highest BCUT2D eigenvalue weighted by Gasteiger charge is 2.27. The van der Waals surface area contributed by atoms with Gasteiger partial charge in [0.1, 0.15) is 11.9 Å². The Morgan fingerprint density at radius 3 is 2.52 bits per heavy atom. The standard InChI is InChI=1S/C19H14O2/c20-17-12-19(21-18-8-4-3-7-16(17)18)15-10-9-13-5-1-2-6-14(13)11-15/h1-11,19H,12H2/t19-/m0/s1. The van der Waals surface area contributed by atoms with Crippen LogP contribution in [0.15, 0.2) is 66.7 Å². The Bertz CT molecular complexity index is 836. The van der Waals surface area contributed by atoms with E-state index in [-0.39, 0.29) is 11.9 Å². The molecule has 0 aromatic heterocycles. The molecule has 0 unspecified atom stereocenters. The maximum absolute atomic E-state index is 12.3. The third-order valence-electron chi connectivity index (χ3n) is 3.97. The summed E-state index contributed by atoms with van der Waals surface area (Å²) >= 11 is 0. The Morgan fingerprint density at radius 1 is 0.857 bits per heavy atom. The van der Waals surface area contributed by atoms with Crippen LogP contribution in [0.4, 0.5) is 0 Å². The number of Topliss-reactive ketones (excluding diaryl/α,β-unsaturated/α-hetero) is 1. The number of carbonyl (C=O) groups excluding carboxylic acids is 1. The SMILES string of the molecule is O=C1C[C@@H](c2ccc3ccccc3c2)Oc2ccccc21. The van der Waals surface area contributed by atoms with Gasteiger partial charge >= 0.3 is 0 Å². The average Bonchev–Trinajstić information content (AvgIpc) is 2.54. The summed E-state index contributed by atoms with van der Waals surface area (Å²) in [7, 11) is 0. The van der Waals surface area contributed by atoms with Crippen molar-refractivity contribution in [1.82, 2.24) is 0 Å². The first-order valence-electron chi connectivity index (χ1n) is 7.09. The predicted molar refractivity (Wildman–Crippen MR) is 82.7 cm³/mol. The number of carbonyl (C=O) groups is 1. The number of hydrogen-bond donors (Lipinski definition) is 0. The van der Waals surface area contributed by atoms with E-state index in [4.69, 9.17) is 4.74 Å². The van der Waals surface area contributed by atoms with Crippen molar-refractivity contribution in [2.24, 2.45) is 0 Å². The van der Waals surface area contributed by atoms with Crippen molar-refractivity contribution in [3.8, 4) is 5.75 Å². The summed E-state index contributed by atoms with van der Waals surface area (Å²) < 4.78 is 6.02. The molecule has 21 heavy (non-hydrogen) atoms. The normalized spacial score (nSPS) is 17.3. The van der Waals surface area contributed by atoms with Crippen LogP contribution in [0.25, 0.3) is 10.8 Å². The van der Waals surface area contributed by atoms with Gasteiger partial charge in [0.15, 0.2) is 5.78 Å². The van der Waals surface area contributed by atoms with Gasteiger partial charge in [0.2, 0.25) is 0 Å². The van der Waals surface area contributed by atoms with Crippen molar-refractivity contribution < 1.29 is 9.53 Å². The molecule has 1 atom stereocenters. The molecular weight excluding hydrogens is 260 g/mol. The molecule has 1 heterocycles. The monoisotopic (exact) mass is 274 g/mol. The second kappa shape index (κ2) is 4.74. The van der Waals surface area contributed by atoms with Gasteiger partial charge in [-0.25, -0.2) is 0 Å². The lowest BCUT2D eigenvalue weighted by molar-refractivity contribution is 0.0850. The number of benzene rings is 3. The molecule has 0 spiro atoms. The molecule has 0 aliphatic carbocycles. The minimum absolute atomic E-state index is 0.148. The second-order valence-corrected chi connectivity index (χ2v) is 5.34. The number of hydrogen-bond acceptors (Lipinski definition) is 2. The Kier molecular flexibility index (Phi) is 2.74. The van der Waals surface area contributed by atoms with Crippen LogP contribution in [-0.2, 0) is 0 Å². The maximum atomic E-state index is 12.3. The van der Waals surface area contributed by atoms with E-state index in [0.717, 1.165) is 5.56 Å². The molecule has 0 radical (unpaired) electrons. The highest BCUT2D eigenvalue weighted by atomic mass is 16.5. The van der Waals surface area contributed by atoms with E-state index in [9.17, 15) is 4.79 Å². The molecule has 1 aliphatic heterocycles. The summed E-state index contributed by atoms with van der Waals surface area (Å²) in [6.45, 7) is 0. The Labute approximate surface area is 123 Å². The molecular formula is C19H14O2. The number of rotatable bonds is 1. The zero-order chi connectivity index (χ0) is 14.2. The molecule has 102 valence electrons. The number of para-hydroxylation sites is 1. The first-order chi connectivity index (χ1) is 10.3. The minimum atomic E-state index is -0.197. The number of ether oxygens (including phenoxy) is 1. The molecule has 3 aromatic carbocycles. The zero-order valence-electron chi connectivity index (χ0n) is 11.5. The first kappa shape index (κ1) is 12.2. The van der Waals surface area contributed by atoms with Crippen LogP contribution in [-0.4, -0.2) is 5.78 Å². The summed E-state index contributed by atoms with van der Waals surface area (Å²) in [4.78, 5) is 12.3. The quantitative estimate of drug-likeness (QED) is 0.651. The molecule has 0 saturated carbocycles. The highest BCUT2D eigenvalue weighted by molar-refractivity contribution is 6.00. The van der Waals surface area contributed by atoms with Gasteiger partial charge < -0.3 is 4.74 Å². The third-order valence-corrected chi connectivity index (χ3v) is 3.97. The predicted octanol–water partition coefficient (Wildman–Crippen LogP) is 4.55. The van der Waals surface area contributed by atoms with E-state index in [1.54, 1.807) is 0 Å². The number of fused-ring (bicyclic) bond motifs is 2. The van der Waals surface area contributed by atoms with Crippen molar-refractivity contribution in [2.45, 2.75) is 12.5 Å². The first-order valence-corrected chi connectivity index (χ1v) is 7.09. The fourth-order valence-electron chi connectivity index (χ4n) is 2.87. The number of ketones is 1. The van der Waals surface area contributed by atoms with Gasteiger partial charge in [-0.2, -0.15) is 0 Å². The molecule has 0 N–H and O–H groups in total. The largest absolute Gasteiger partial charge is 0.484 e. The van der Waals surface area contributed by atoms with Crippen molar-refractivity contribution in [1.29, 1.82) is 0 Å². The summed E-state index contributed by atoms with van der Waals surface area (Å²) in [5.74, 6) is 0.835. The van der Waals surface area contributed by atoms with Gasteiger partial charge in [-0.05, 0) is 34.5 Å². The van der Waals surface area contributed by atoms with E-state index in [0.29, 0.717) is 17.7 Å². The van der Waals surface area contributed by atoms with Crippen LogP contribution in [0.1, 0.15) is 28.4 Å². The van der Waals surface area contributed by atoms with Gasteiger partial charge in [-0.3, -0.25) is 4.79 Å². The zero-order valence-corrected chi connectivity index (χ0v) is 11.5. The van der Waals surface area contributed by atoms with E-state index < -0.39 is 0 Å². The van der Waals surface area contributed by atoms with Crippen molar-refractivity contribution in [3.05, 3.63) is 77.9 Å². The fraction of sp³-hybridized carbons (Fsp3) is 0.105. The van der Waals surface area contributed by atoms with Crippen molar-refractivity contribution in [2.75, 3.05) is 0 Å². The minimum Gasteiger partial charge on any atom is -0.484 e.